The highest BCUT2D eigenvalue weighted by molar-refractivity contribution is 5.81. The molecule has 0 aliphatic carbocycles. The van der Waals surface area contributed by atoms with E-state index < -0.39 is 0 Å². The first-order valence-electron chi connectivity index (χ1n) is 13.1. The molecule has 0 saturated heterocycles. The number of benzene rings is 3. The molecule has 36 heavy (non-hydrogen) atoms. The second kappa shape index (κ2) is 9.13. The molecule has 0 aliphatic rings. The van der Waals surface area contributed by atoms with E-state index in [4.69, 9.17) is 0 Å². The van der Waals surface area contributed by atoms with Gasteiger partial charge in [-0.05, 0) is 80.6 Å². The molecule has 5 rings (SSSR count). The number of nitrogens with zero attached hydrogens (tertiary/aromatic N) is 3. The van der Waals surface area contributed by atoms with Gasteiger partial charge in [-0.15, -0.1) is 0 Å². The first kappa shape index (κ1) is 24.1. The summed E-state index contributed by atoms with van der Waals surface area (Å²) in [5.41, 5.74) is 12.9. The topological polar surface area (TPSA) is 13.7 Å². The fourth-order valence-corrected chi connectivity index (χ4v) is 5.67. The van der Waals surface area contributed by atoms with Gasteiger partial charge in [0.15, 0.2) is 11.0 Å². The van der Waals surface area contributed by atoms with Gasteiger partial charge in [-0.1, -0.05) is 58.0 Å². The Bertz CT molecular complexity index is 1530. The average Bonchev–Trinajstić information content (AvgIpc) is 3.34. The van der Waals surface area contributed by atoms with Gasteiger partial charge < -0.3 is 4.57 Å². The first-order valence-corrected chi connectivity index (χ1v) is 13.1. The largest absolute Gasteiger partial charge is 0.318 e. The number of imidazole rings is 1. The van der Waals surface area contributed by atoms with E-state index in [1.807, 2.05) is 0 Å². The van der Waals surface area contributed by atoms with Crippen LogP contribution in [-0.2, 0) is 7.05 Å². The van der Waals surface area contributed by atoms with E-state index in [1.165, 1.54) is 61.9 Å². The van der Waals surface area contributed by atoms with Crippen molar-refractivity contribution in [2.45, 2.75) is 60.3 Å². The molecule has 0 N–H and O–H groups in total. The lowest BCUT2D eigenvalue weighted by atomic mass is 9.91. The maximum absolute atomic E-state index is 2.53. The van der Waals surface area contributed by atoms with Crippen molar-refractivity contribution < 1.29 is 4.57 Å². The Morgan fingerprint density at radius 3 is 1.81 bits per heavy atom. The van der Waals surface area contributed by atoms with Crippen LogP contribution >= 0.6 is 0 Å². The molecule has 5 aromatic rings. The molecule has 0 atom stereocenters. The van der Waals surface area contributed by atoms with Gasteiger partial charge in [0.05, 0.1) is 12.6 Å². The molecule has 2 aromatic heterocycles. The van der Waals surface area contributed by atoms with Crippen molar-refractivity contribution in [1.82, 2.24) is 9.13 Å². The van der Waals surface area contributed by atoms with Crippen molar-refractivity contribution in [2.75, 3.05) is 0 Å². The highest BCUT2D eigenvalue weighted by Gasteiger charge is 2.31. The van der Waals surface area contributed by atoms with Crippen molar-refractivity contribution in [1.29, 1.82) is 0 Å². The van der Waals surface area contributed by atoms with E-state index in [9.17, 15) is 0 Å². The summed E-state index contributed by atoms with van der Waals surface area (Å²) in [7, 11) is 2.20. The third-order valence-electron chi connectivity index (χ3n) is 7.55. The second-order valence-corrected chi connectivity index (χ2v) is 10.8. The van der Waals surface area contributed by atoms with E-state index in [2.05, 4.69) is 142 Å². The van der Waals surface area contributed by atoms with Crippen molar-refractivity contribution in [3.05, 3.63) is 101 Å². The molecule has 0 unspecified atom stereocenters. The van der Waals surface area contributed by atoms with E-state index in [0.29, 0.717) is 11.8 Å². The summed E-state index contributed by atoms with van der Waals surface area (Å²) in [6.07, 6.45) is 0. The highest BCUT2D eigenvalue weighted by Crippen LogP contribution is 2.39. The Labute approximate surface area is 215 Å². The van der Waals surface area contributed by atoms with E-state index in [1.54, 1.807) is 0 Å². The van der Waals surface area contributed by atoms with E-state index >= 15 is 0 Å². The minimum absolute atomic E-state index is 0.366. The van der Waals surface area contributed by atoms with E-state index in [0.717, 1.165) is 0 Å². The lowest BCUT2D eigenvalue weighted by molar-refractivity contribution is -0.633. The molecule has 3 aromatic carbocycles. The molecule has 0 aliphatic heterocycles. The third kappa shape index (κ3) is 3.78. The standard InChI is InChI=1S/C33H38N3/c1-21(2)28-19-26(35-24(6)17-18-25(35)7)20-29(22(3)4)32(28)36-31-16-12-11-15-30(31)34(8)33(36)27-14-10-9-13-23(27)5/h9-22H,1-8H3/q+1. The number of aryl methyl sites for hydroxylation is 4. The fraction of sp³-hybridized carbons (Fsp3) is 0.303. The average molecular weight is 477 g/mol. The minimum Gasteiger partial charge on any atom is -0.318 e. The van der Waals surface area contributed by atoms with Crippen LogP contribution in [-0.4, -0.2) is 9.13 Å². The highest BCUT2D eigenvalue weighted by atomic mass is 15.2. The number of aromatic nitrogens is 3. The van der Waals surface area contributed by atoms with Crippen LogP contribution in [0.4, 0.5) is 0 Å². The molecule has 0 radical (unpaired) electrons. The molecule has 184 valence electrons. The number of rotatable bonds is 5. The molecule has 0 spiro atoms. The Kier molecular flexibility index (Phi) is 6.12. The number of fused-ring (bicyclic) bond motifs is 1. The fourth-order valence-electron chi connectivity index (χ4n) is 5.67. The van der Waals surface area contributed by atoms with Gasteiger partial charge in [-0.3, -0.25) is 0 Å². The van der Waals surface area contributed by atoms with Gasteiger partial charge in [0.2, 0.25) is 0 Å². The van der Waals surface area contributed by atoms with Crippen molar-refractivity contribution in [3.63, 3.8) is 0 Å². The zero-order chi connectivity index (χ0) is 25.7. The van der Waals surface area contributed by atoms with Crippen LogP contribution in [0.1, 0.15) is 67.6 Å². The summed E-state index contributed by atoms with van der Waals surface area (Å²) < 4.78 is 7.28. The Hall–Kier alpha value is -3.59. The molecule has 0 fully saturated rings. The molecule has 0 amide bonds. The van der Waals surface area contributed by atoms with Gasteiger partial charge in [0.1, 0.15) is 5.69 Å². The maximum Gasteiger partial charge on any atom is 0.295 e. The smallest absolute Gasteiger partial charge is 0.295 e. The van der Waals surface area contributed by atoms with Crippen LogP contribution in [0.5, 0.6) is 0 Å². The molecular weight excluding hydrogens is 438 g/mol. The SMILES string of the molecule is Cc1ccccc1-c1n(-c2c(C(C)C)cc(-n3c(C)ccc3C)cc2C(C)C)c2ccccc2[n+]1C. The summed E-state index contributed by atoms with van der Waals surface area (Å²) in [5.74, 6) is 1.95. The van der Waals surface area contributed by atoms with Gasteiger partial charge in [-0.2, -0.15) is 4.57 Å². The van der Waals surface area contributed by atoms with Crippen LogP contribution in [0.15, 0.2) is 72.8 Å². The third-order valence-corrected chi connectivity index (χ3v) is 7.55. The molecule has 0 bridgehead atoms. The van der Waals surface area contributed by atoms with Crippen molar-refractivity contribution >= 4 is 11.0 Å². The zero-order valence-electron chi connectivity index (χ0n) is 22.9. The Balaban J connectivity index is 1.95. The van der Waals surface area contributed by atoms with Gasteiger partial charge in [-0.25, -0.2) is 4.57 Å². The van der Waals surface area contributed by atoms with Gasteiger partial charge >= 0.3 is 0 Å². The first-order chi connectivity index (χ1) is 17.2. The minimum atomic E-state index is 0.366. The van der Waals surface area contributed by atoms with Crippen molar-refractivity contribution in [2.24, 2.45) is 7.05 Å². The molecule has 0 saturated carbocycles. The molecule has 2 heterocycles. The predicted octanol–water partition coefficient (Wildman–Crippen LogP) is 8.08. The van der Waals surface area contributed by atoms with Crippen LogP contribution in [0.2, 0.25) is 0 Å². The number of hydrogen-bond donors (Lipinski definition) is 0. The monoisotopic (exact) mass is 476 g/mol. The molecule has 3 nitrogen and oxygen atoms in total. The summed E-state index contributed by atoms with van der Waals surface area (Å²) in [6, 6.07) is 26.8. The summed E-state index contributed by atoms with van der Waals surface area (Å²) >= 11 is 0. The quantitative estimate of drug-likeness (QED) is 0.228. The zero-order valence-corrected chi connectivity index (χ0v) is 22.9. The van der Waals surface area contributed by atoms with Gasteiger partial charge in [0, 0.05) is 28.2 Å². The maximum atomic E-state index is 2.53. The molecular formula is C33H38N3+. The summed E-state index contributed by atoms with van der Waals surface area (Å²) in [4.78, 5) is 0. The molecule has 3 heteroatoms. The normalized spacial score (nSPS) is 11.8. The lowest BCUT2D eigenvalue weighted by Gasteiger charge is -2.22. The van der Waals surface area contributed by atoms with Crippen molar-refractivity contribution in [3.8, 4) is 22.8 Å². The summed E-state index contributed by atoms with van der Waals surface area (Å²) in [5, 5.41) is 0. The van der Waals surface area contributed by atoms with Crippen LogP contribution in [0, 0.1) is 20.8 Å². The lowest BCUT2D eigenvalue weighted by Crippen LogP contribution is -2.30. The Morgan fingerprint density at radius 1 is 0.667 bits per heavy atom. The number of para-hydroxylation sites is 2. The van der Waals surface area contributed by atoms with Crippen LogP contribution < -0.4 is 4.57 Å². The number of hydrogen-bond acceptors (Lipinski definition) is 0. The summed E-state index contributed by atoms with van der Waals surface area (Å²) in [6.45, 7) is 15.9. The predicted molar refractivity (Wildman–Crippen MR) is 152 cm³/mol. The second-order valence-electron chi connectivity index (χ2n) is 10.8. The van der Waals surface area contributed by atoms with Gasteiger partial charge in [0.25, 0.3) is 5.82 Å². The Morgan fingerprint density at radius 2 is 1.22 bits per heavy atom. The van der Waals surface area contributed by atoms with Crippen LogP contribution in [0.25, 0.3) is 33.8 Å². The van der Waals surface area contributed by atoms with E-state index in [-0.39, 0.29) is 0 Å². The van der Waals surface area contributed by atoms with Crippen LogP contribution in [0.3, 0.4) is 0 Å².